The summed E-state index contributed by atoms with van der Waals surface area (Å²) >= 11 is 0. The lowest BCUT2D eigenvalue weighted by Gasteiger charge is -2.15. The summed E-state index contributed by atoms with van der Waals surface area (Å²) in [5.74, 6) is 7.20. The number of nitrogens with two attached hydrogens (primary N) is 1. The molecule has 0 aromatic carbocycles. The molecule has 2 aromatic heterocycles. The number of hydrogen-bond donors (Lipinski definition) is 3. The van der Waals surface area contributed by atoms with Gasteiger partial charge in [0, 0.05) is 12.3 Å². The first-order chi connectivity index (χ1) is 12.7. The first-order valence-corrected chi connectivity index (χ1v) is 9.12. The fraction of sp³-hybridized carbons (Fsp3) is 0.611. The van der Waals surface area contributed by atoms with Crippen LogP contribution in [0.5, 0.6) is 0 Å². The number of aliphatic hydroxyl groups is 2. The molecule has 0 unspecified atom stereocenters. The van der Waals surface area contributed by atoms with Crippen molar-refractivity contribution < 1.29 is 14.9 Å². The van der Waals surface area contributed by atoms with Gasteiger partial charge in [0.1, 0.15) is 23.9 Å². The maximum absolute atomic E-state index is 10.0. The lowest BCUT2D eigenvalue weighted by molar-refractivity contribution is -0.0470. The van der Waals surface area contributed by atoms with Crippen LogP contribution in [0.25, 0.3) is 11.0 Å². The van der Waals surface area contributed by atoms with E-state index in [4.69, 9.17) is 10.5 Å². The molecule has 0 bridgehead atoms. The van der Waals surface area contributed by atoms with Gasteiger partial charge in [0.25, 0.3) is 0 Å². The molecule has 1 saturated heterocycles. The van der Waals surface area contributed by atoms with Crippen LogP contribution in [0.3, 0.4) is 0 Å². The van der Waals surface area contributed by atoms with Gasteiger partial charge in [-0.1, -0.05) is 25.2 Å². The Balaban J connectivity index is 1.71. The summed E-state index contributed by atoms with van der Waals surface area (Å²) < 4.78 is 7.31. The Kier molecular flexibility index (Phi) is 4.76. The number of hydrogen-bond acceptors (Lipinski definition) is 7. The summed E-state index contributed by atoms with van der Waals surface area (Å²) in [5, 5.41) is 24.5. The van der Waals surface area contributed by atoms with E-state index in [0.29, 0.717) is 34.9 Å². The molecule has 26 heavy (non-hydrogen) atoms. The molecular formula is C18H23N5O3. The van der Waals surface area contributed by atoms with Crippen molar-refractivity contribution in [2.24, 2.45) is 5.92 Å². The van der Waals surface area contributed by atoms with Crippen molar-refractivity contribution >= 4 is 16.9 Å². The molecule has 3 heterocycles. The lowest BCUT2D eigenvalue weighted by Crippen LogP contribution is -2.24. The number of anilines is 1. The fourth-order valence-corrected chi connectivity index (χ4v) is 3.73. The van der Waals surface area contributed by atoms with E-state index in [1.807, 2.05) is 0 Å². The minimum atomic E-state index is -0.750. The summed E-state index contributed by atoms with van der Waals surface area (Å²) in [4.78, 5) is 8.36. The monoisotopic (exact) mass is 357 g/mol. The van der Waals surface area contributed by atoms with Crippen LogP contribution >= 0.6 is 0 Å². The van der Waals surface area contributed by atoms with Crippen molar-refractivity contribution in [3.63, 3.8) is 0 Å². The van der Waals surface area contributed by atoms with Gasteiger partial charge in [-0.3, -0.25) is 0 Å². The highest BCUT2D eigenvalue weighted by atomic mass is 16.5. The van der Waals surface area contributed by atoms with Crippen molar-refractivity contribution in [3.05, 3.63) is 12.0 Å². The summed E-state index contributed by atoms with van der Waals surface area (Å²) in [6.45, 7) is -0.248. The molecule has 2 fully saturated rings. The molecule has 8 nitrogen and oxygen atoms in total. The number of fused-ring (bicyclic) bond motifs is 1. The molecule has 1 aliphatic heterocycles. The third-order valence-corrected chi connectivity index (χ3v) is 5.17. The summed E-state index contributed by atoms with van der Waals surface area (Å²) in [6.07, 6.45) is 5.75. The molecule has 4 rings (SSSR count). The molecule has 2 aliphatic rings. The van der Waals surface area contributed by atoms with E-state index < -0.39 is 18.4 Å². The molecule has 0 radical (unpaired) electrons. The molecule has 0 spiro atoms. The van der Waals surface area contributed by atoms with Gasteiger partial charge < -0.3 is 20.7 Å². The first kappa shape index (κ1) is 17.2. The average molecular weight is 357 g/mol. The minimum Gasteiger partial charge on any atom is -0.394 e. The van der Waals surface area contributed by atoms with Gasteiger partial charge in [0.2, 0.25) is 0 Å². The predicted molar refractivity (Wildman–Crippen MR) is 94.8 cm³/mol. The predicted octanol–water partition coefficient (Wildman–Crippen LogP) is 0.981. The molecule has 2 aromatic rings. The van der Waals surface area contributed by atoms with E-state index in [1.54, 1.807) is 4.68 Å². The van der Waals surface area contributed by atoms with Crippen LogP contribution in [0.2, 0.25) is 0 Å². The zero-order valence-electron chi connectivity index (χ0n) is 14.5. The highest BCUT2D eigenvalue weighted by molar-refractivity contribution is 5.90. The van der Waals surface area contributed by atoms with Crippen molar-refractivity contribution in [1.29, 1.82) is 0 Å². The number of ether oxygens (including phenoxy) is 1. The molecule has 1 aliphatic carbocycles. The Morgan fingerprint density at radius 2 is 2.08 bits per heavy atom. The molecular weight excluding hydrogens is 334 g/mol. The zero-order chi connectivity index (χ0) is 18.1. The summed E-state index contributed by atoms with van der Waals surface area (Å²) in [6, 6.07) is 0. The van der Waals surface area contributed by atoms with Gasteiger partial charge >= 0.3 is 0 Å². The smallest absolute Gasteiger partial charge is 0.167 e. The molecule has 138 valence electrons. The number of aliphatic hydroxyl groups excluding tert-OH is 2. The van der Waals surface area contributed by atoms with E-state index in [0.717, 1.165) is 12.8 Å². The largest absolute Gasteiger partial charge is 0.394 e. The third kappa shape index (κ3) is 3.14. The second-order valence-electron chi connectivity index (χ2n) is 6.97. The Labute approximate surface area is 151 Å². The molecule has 8 heteroatoms. The quantitative estimate of drug-likeness (QED) is 0.685. The normalized spacial score (nSPS) is 26.8. The Hall–Kier alpha value is -2.21. The number of aromatic nitrogens is 4. The summed E-state index contributed by atoms with van der Waals surface area (Å²) in [7, 11) is 0. The second kappa shape index (κ2) is 7.19. The number of rotatable bonds is 2. The highest BCUT2D eigenvalue weighted by Crippen LogP contribution is 2.32. The van der Waals surface area contributed by atoms with E-state index in [9.17, 15) is 10.2 Å². The van der Waals surface area contributed by atoms with E-state index in [1.165, 1.54) is 25.6 Å². The van der Waals surface area contributed by atoms with Crippen molar-refractivity contribution in [1.82, 2.24) is 19.7 Å². The maximum Gasteiger partial charge on any atom is 0.167 e. The van der Waals surface area contributed by atoms with Crippen LogP contribution in [0.15, 0.2) is 6.33 Å². The molecule has 3 atom stereocenters. The van der Waals surface area contributed by atoms with Gasteiger partial charge in [0.15, 0.2) is 11.9 Å². The van der Waals surface area contributed by atoms with Crippen LogP contribution in [-0.4, -0.2) is 48.8 Å². The van der Waals surface area contributed by atoms with Gasteiger partial charge in [-0.2, -0.15) is 5.10 Å². The van der Waals surface area contributed by atoms with Crippen molar-refractivity contribution in [2.45, 2.75) is 57.0 Å². The number of nitrogen functional groups attached to an aromatic ring is 1. The average Bonchev–Trinajstić information content (AvgIpc) is 3.22. The Morgan fingerprint density at radius 3 is 2.81 bits per heavy atom. The Bertz CT molecular complexity index is 850. The lowest BCUT2D eigenvalue weighted by atomic mass is 9.90. The molecule has 4 N–H and O–H groups in total. The zero-order valence-corrected chi connectivity index (χ0v) is 14.5. The van der Waals surface area contributed by atoms with E-state index >= 15 is 0 Å². The first-order valence-electron chi connectivity index (χ1n) is 9.12. The SMILES string of the molecule is Nc1ncnc2c1c(C#CC1CCCCC1)nn2[C@H]1C[C@H](O)[C@@H](CO)O1. The molecule has 1 saturated carbocycles. The van der Waals surface area contributed by atoms with Crippen LogP contribution < -0.4 is 5.73 Å². The van der Waals surface area contributed by atoms with E-state index in [-0.39, 0.29) is 6.61 Å². The van der Waals surface area contributed by atoms with Crippen molar-refractivity contribution in [3.8, 4) is 11.8 Å². The number of nitrogens with zero attached hydrogens (tertiary/aromatic N) is 4. The van der Waals surface area contributed by atoms with Crippen LogP contribution in [0, 0.1) is 17.8 Å². The fourth-order valence-electron chi connectivity index (χ4n) is 3.73. The maximum atomic E-state index is 10.0. The second-order valence-corrected chi connectivity index (χ2v) is 6.97. The topological polar surface area (TPSA) is 119 Å². The van der Waals surface area contributed by atoms with Crippen LogP contribution in [0.4, 0.5) is 5.82 Å². The van der Waals surface area contributed by atoms with Gasteiger partial charge in [0.05, 0.1) is 18.1 Å². The van der Waals surface area contributed by atoms with Gasteiger partial charge in [-0.15, -0.1) is 0 Å². The van der Waals surface area contributed by atoms with Crippen LogP contribution in [-0.2, 0) is 4.74 Å². The minimum absolute atomic E-state index is 0.248. The third-order valence-electron chi connectivity index (χ3n) is 5.17. The van der Waals surface area contributed by atoms with Gasteiger partial charge in [-0.05, 0) is 18.8 Å². The van der Waals surface area contributed by atoms with Crippen LogP contribution in [0.1, 0.15) is 50.4 Å². The van der Waals surface area contributed by atoms with E-state index in [2.05, 4.69) is 26.9 Å². The summed E-state index contributed by atoms with van der Waals surface area (Å²) in [5.41, 5.74) is 7.12. The van der Waals surface area contributed by atoms with Crippen molar-refractivity contribution in [2.75, 3.05) is 12.3 Å². The standard InChI is InChI=1S/C18H23N5O3/c19-17-16-12(7-6-11-4-2-1-3-5-11)22-23(18(16)21-10-20-17)15-8-13(25)14(9-24)26-15/h10-11,13-15,24-25H,1-5,8-9H2,(H2,19,20,21)/t13-,14+,15+/m0/s1. The Morgan fingerprint density at radius 1 is 1.27 bits per heavy atom. The highest BCUT2D eigenvalue weighted by Gasteiger charge is 2.36. The van der Waals surface area contributed by atoms with Gasteiger partial charge in [-0.25, -0.2) is 14.6 Å². The molecule has 0 amide bonds.